The zero-order chi connectivity index (χ0) is 29.7. The number of carbonyl (C=O) groups excluding carboxylic acids is 1. The Morgan fingerprint density at radius 3 is 2.34 bits per heavy atom. The van der Waals surface area contributed by atoms with E-state index in [1.807, 2.05) is 51.1 Å². The SMILES string of the molecule is COc1ccc(N(CC(=O)N/N=C/c2cc(C)n(-c3cccc(Br)c3)c2C)S(=O)(=O)c2ccc(C)cc2)cc1OC. The lowest BCUT2D eigenvalue weighted by atomic mass is 10.2. The Morgan fingerprint density at radius 1 is 0.976 bits per heavy atom. The van der Waals surface area contributed by atoms with Crippen molar-refractivity contribution in [3.63, 3.8) is 0 Å². The lowest BCUT2D eigenvalue weighted by Gasteiger charge is -2.24. The van der Waals surface area contributed by atoms with Crippen molar-refractivity contribution < 1.29 is 22.7 Å². The minimum absolute atomic E-state index is 0.0502. The number of hydrazone groups is 1. The number of ether oxygens (including phenoxy) is 2. The maximum Gasteiger partial charge on any atom is 0.264 e. The number of halogens is 1. The van der Waals surface area contributed by atoms with Gasteiger partial charge in [0.05, 0.1) is 31.0 Å². The molecule has 0 aliphatic rings. The predicted octanol–water partition coefficient (Wildman–Crippen LogP) is 5.53. The molecule has 1 heterocycles. The molecule has 0 fully saturated rings. The number of anilines is 1. The highest BCUT2D eigenvalue weighted by Gasteiger charge is 2.28. The van der Waals surface area contributed by atoms with Crippen LogP contribution >= 0.6 is 15.9 Å². The summed E-state index contributed by atoms with van der Waals surface area (Å²) < 4.78 is 42.1. The predicted molar refractivity (Wildman–Crippen MR) is 164 cm³/mol. The topological polar surface area (TPSA) is 102 Å². The van der Waals surface area contributed by atoms with Crippen LogP contribution in [-0.2, 0) is 14.8 Å². The van der Waals surface area contributed by atoms with Crippen LogP contribution in [0.15, 0.2) is 87.3 Å². The highest BCUT2D eigenvalue weighted by Crippen LogP contribution is 2.34. The molecule has 0 unspecified atom stereocenters. The number of hydrogen-bond donors (Lipinski definition) is 1. The van der Waals surface area contributed by atoms with Crippen LogP contribution in [0.2, 0.25) is 0 Å². The van der Waals surface area contributed by atoms with Crippen LogP contribution in [-0.4, -0.2) is 45.9 Å². The van der Waals surface area contributed by atoms with E-state index >= 15 is 0 Å². The van der Waals surface area contributed by atoms with Crippen LogP contribution in [0.3, 0.4) is 0 Å². The summed E-state index contributed by atoms with van der Waals surface area (Å²) in [7, 11) is -1.17. The van der Waals surface area contributed by atoms with Crippen LogP contribution < -0.4 is 19.2 Å². The van der Waals surface area contributed by atoms with Gasteiger partial charge in [-0.25, -0.2) is 13.8 Å². The summed E-state index contributed by atoms with van der Waals surface area (Å²) in [6, 6.07) is 21.0. The number of benzene rings is 3. The molecule has 0 bridgehead atoms. The molecule has 11 heteroatoms. The molecule has 1 N–H and O–H groups in total. The third-order valence-electron chi connectivity index (χ3n) is 6.48. The van der Waals surface area contributed by atoms with Crippen molar-refractivity contribution in [1.29, 1.82) is 0 Å². The summed E-state index contributed by atoms with van der Waals surface area (Å²) in [5, 5.41) is 4.13. The third kappa shape index (κ3) is 6.63. The molecule has 41 heavy (non-hydrogen) atoms. The first-order valence-corrected chi connectivity index (χ1v) is 14.9. The van der Waals surface area contributed by atoms with Gasteiger partial charge in [0.15, 0.2) is 11.5 Å². The second kappa shape index (κ2) is 12.6. The fourth-order valence-corrected chi connectivity index (χ4v) is 6.20. The normalized spacial score (nSPS) is 11.5. The molecule has 1 aromatic heterocycles. The van der Waals surface area contributed by atoms with E-state index in [9.17, 15) is 13.2 Å². The van der Waals surface area contributed by atoms with Gasteiger partial charge < -0.3 is 14.0 Å². The molecule has 0 spiro atoms. The van der Waals surface area contributed by atoms with E-state index in [0.29, 0.717) is 11.5 Å². The van der Waals surface area contributed by atoms with Crippen LogP contribution in [0.1, 0.15) is 22.5 Å². The quantitative estimate of drug-likeness (QED) is 0.182. The van der Waals surface area contributed by atoms with Crippen LogP contribution in [0, 0.1) is 20.8 Å². The maximum atomic E-state index is 13.7. The zero-order valence-corrected chi connectivity index (χ0v) is 25.8. The molecule has 214 valence electrons. The van der Waals surface area contributed by atoms with Crippen molar-refractivity contribution >= 4 is 43.8 Å². The second-order valence-electron chi connectivity index (χ2n) is 9.30. The van der Waals surface area contributed by atoms with Gasteiger partial charge in [-0.1, -0.05) is 39.7 Å². The van der Waals surface area contributed by atoms with Crippen molar-refractivity contribution in [1.82, 2.24) is 9.99 Å². The number of aromatic nitrogens is 1. The van der Waals surface area contributed by atoms with Crippen molar-refractivity contribution in [3.8, 4) is 17.2 Å². The smallest absolute Gasteiger partial charge is 0.264 e. The maximum absolute atomic E-state index is 13.7. The van der Waals surface area contributed by atoms with Gasteiger partial charge in [-0.05, 0) is 69.3 Å². The summed E-state index contributed by atoms with van der Waals surface area (Å²) in [6.07, 6.45) is 1.55. The average molecular weight is 640 g/mol. The average Bonchev–Trinajstić information content (AvgIpc) is 3.23. The molecule has 0 saturated heterocycles. The second-order valence-corrected chi connectivity index (χ2v) is 12.1. The van der Waals surface area contributed by atoms with Gasteiger partial charge in [0.1, 0.15) is 6.54 Å². The Balaban J connectivity index is 1.60. The number of hydrogen-bond acceptors (Lipinski definition) is 6. The number of carbonyl (C=O) groups is 1. The number of rotatable bonds is 10. The van der Waals surface area contributed by atoms with Crippen LogP contribution in [0.4, 0.5) is 5.69 Å². The zero-order valence-electron chi connectivity index (χ0n) is 23.4. The number of nitrogens with zero attached hydrogens (tertiary/aromatic N) is 3. The Labute approximate surface area is 248 Å². The van der Waals surface area contributed by atoms with Crippen molar-refractivity contribution in [3.05, 3.63) is 99.8 Å². The van der Waals surface area contributed by atoms with E-state index in [1.165, 1.54) is 32.4 Å². The molecule has 0 radical (unpaired) electrons. The van der Waals surface area contributed by atoms with Gasteiger partial charge >= 0.3 is 0 Å². The van der Waals surface area contributed by atoms with Crippen molar-refractivity contribution in [2.24, 2.45) is 5.10 Å². The van der Waals surface area contributed by atoms with E-state index < -0.39 is 22.5 Å². The lowest BCUT2D eigenvalue weighted by molar-refractivity contribution is -0.119. The molecule has 0 saturated carbocycles. The summed E-state index contributed by atoms with van der Waals surface area (Å²) in [5.41, 5.74) is 7.36. The van der Waals surface area contributed by atoms with Crippen LogP contribution in [0.25, 0.3) is 5.69 Å². The van der Waals surface area contributed by atoms with E-state index in [2.05, 4.69) is 31.0 Å². The highest BCUT2D eigenvalue weighted by molar-refractivity contribution is 9.10. The first-order chi connectivity index (χ1) is 19.5. The van der Waals surface area contributed by atoms with Gasteiger partial charge in [-0.15, -0.1) is 0 Å². The first-order valence-electron chi connectivity index (χ1n) is 12.6. The summed E-state index contributed by atoms with van der Waals surface area (Å²) in [6.45, 7) is 5.30. The first kappa shape index (κ1) is 29.9. The molecular weight excluding hydrogens is 608 g/mol. The van der Waals surface area contributed by atoms with Crippen molar-refractivity contribution in [2.75, 3.05) is 25.1 Å². The largest absolute Gasteiger partial charge is 0.493 e. The van der Waals surface area contributed by atoms with Gasteiger partial charge in [0.25, 0.3) is 15.9 Å². The van der Waals surface area contributed by atoms with E-state index in [0.717, 1.165) is 37.0 Å². The molecule has 0 aliphatic carbocycles. The Kier molecular flexibility index (Phi) is 9.19. The standard InChI is InChI=1S/C30H31BrN4O5S/c1-20-9-12-27(13-10-20)41(37,38)34(25-11-14-28(39-4)29(17-25)40-5)19-30(36)33-32-18-23-15-21(2)35(22(23)3)26-8-6-7-24(31)16-26/h6-18H,19H2,1-5H3,(H,33,36)/b32-18+. The monoisotopic (exact) mass is 638 g/mol. The minimum Gasteiger partial charge on any atom is -0.493 e. The highest BCUT2D eigenvalue weighted by atomic mass is 79.9. The molecule has 0 atom stereocenters. The van der Waals surface area contributed by atoms with Crippen molar-refractivity contribution in [2.45, 2.75) is 25.7 Å². The summed E-state index contributed by atoms with van der Waals surface area (Å²) >= 11 is 3.51. The van der Waals surface area contributed by atoms with Gasteiger partial charge in [0, 0.05) is 33.2 Å². The van der Waals surface area contributed by atoms with E-state index in [4.69, 9.17) is 9.47 Å². The van der Waals surface area contributed by atoms with E-state index in [1.54, 1.807) is 30.5 Å². The molecular formula is C30H31BrN4O5S. The van der Waals surface area contributed by atoms with Gasteiger partial charge in [-0.2, -0.15) is 5.10 Å². The van der Waals surface area contributed by atoms with Gasteiger partial charge in [-0.3, -0.25) is 9.10 Å². The Morgan fingerprint density at radius 2 is 1.68 bits per heavy atom. The lowest BCUT2D eigenvalue weighted by Crippen LogP contribution is -2.39. The minimum atomic E-state index is -4.11. The number of amides is 1. The number of nitrogens with one attached hydrogen (secondary N) is 1. The fourth-order valence-electron chi connectivity index (χ4n) is 4.40. The number of methoxy groups -OCH3 is 2. The Bertz CT molecular complexity index is 1700. The summed E-state index contributed by atoms with van der Waals surface area (Å²) in [5.74, 6) is 0.138. The molecule has 9 nitrogen and oxygen atoms in total. The third-order valence-corrected chi connectivity index (χ3v) is 8.76. The summed E-state index contributed by atoms with van der Waals surface area (Å²) in [4.78, 5) is 13.1. The molecule has 0 aliphatic heterocycles. The number of aryl methyl sites for hydroxylation is 2. The molecule has 4 rings (SSSR count). The van der Waals surface area contributed by atoms with Crippen LogP contribution in [0.5, 0.6) is 11.5 Å². The van der Waals surface area contributed by atoms with E-state index in [-0.39, 0.29) is 10.6 Å². The Hall–Kier alpha value is -4.09. The molecule has 4 aromatic rings. The number of sulfonamides is 1. The van der Waals surface area contributed by atoms with Gasteiger partial charge in [0.2, 0.25) is 0 Å². The fraction of sp³-hybridized carbons (Fsp3) is 0.200. The molecule has 3 aromatic carbocycles. The molecule has 1 amide bonds.